The van der Waals surface area contributed by atoms with Crippen molar-refractivity contribution in [1.29, 1.82) is 0 Å². The molecule has 0 saturated heterocycles. The first kappa shape index (κ1) is 11.6. The molecule has 1 aliphatic rings. The van der Waals surface area contributed by atoms with Gasteiger partial charge in [0, 0.05) is 6.54 Å². The van der Waals surface area contributed by atoms with E-state index < -0.39 is 5.60 Å². The Hall–Kier alpha value is -0.860. The van der Waals surface area contributed by atoms with Gasteiger partial charge in [-0.3, -0.25) is 0 Å². The largest absolute Gasteiger partial charge is 0.388 e. The lowest BCUT2D eigenvalue weighted by atomic mass is 9.78. The number of nitrogens with one attached hydrogen (secondary N) is 1. The first-order valence-electron chi connectivity index (χ1n) is 6.13. The zero-order chi connectivity index (χ0) is 11.8. The van der Waals surface area contributed by atoms with E-state index in [1.54, 1.807) is 0 Å². The second-order valence-electron chi connectivity index (χ2n) is 5.01. The highest BCUT2D eigenvalue weighted by molar-refractivity contribution is 5.36. The molecule has 2 N–H and O–H groups in total. The van der Waals surface area contributed by atoms with Crippen LogP contribution in [0.25, 0.3) is 0 Å². The third-order valence-electron chi connectivity index (χ3n) is 3.93. The summed E-state index contributed by atoms with van der Waals surface area (Å²) in [7, 11) is 0. The van der Waals surface area contributed by atoms with Crippen LogP contribution >= 0.6 is 0 Å². The topological polar surface area (TPSA) is 32.3 Å². The van der Waals surface area contributed by atoms with Crippen molar-refractivity contribution in [3.05, 3.63) is 35.4 Å². The summed E-state index contributed by atoms with van der Waals surface area (Å²) in [4.78, 5) is 0. The second kappa shape index (κ2) is 4.19. The van der Waals surface area contributed by atoms with Gasteiger partial charge in [0.2, 0.25) is 0 Å². The Balaban J connectivity index is 2.37. The number of hydrogen-bond donors (Lipinski definition) is 2. The van der Waals surface area contributed by atoms with Crippen molar-refractivity contribution in [3.8, 4) is 0 Å². The lowest BCUT2D eigenvalue weighted by Crippen LogP contribution is -2.45. The standard InChI is InChI=1S/C14H21NO/c1-4-14(16,10(2)3)13-12-8-6-5-7-11(12)9-15-13/h5-8,10,13,15-16H,4,9H2,1-3H3. The van der Waals surface area contributed by atoms with E-state index in [4.69, 9.17) is 0 Å². The first-order chi connectivity index (χ1) is 7.59. The van der Waals surface area contributed by atoms with Gasteiger partial charge in [-0.05, 0) is 23.5 Å². The summed E-state index contributed by atoms with van der Waals surface area (Å²) in [5.41, 5.74) is 1.94. The number of benzene rings is 1. The van der Waals surface area contributed by atoms with Crippen molar-refractivity contribution in [1.82, 2.24) is 5.32 Å². The smallest absolute Gasteiger partial charge is 0.0861 e. The van der Waals surface area contributed by atoms with Gasteiger partial charge in [0.25, 0.3) is 0 Å². The lowest BCUT2D eigenvalue weighted by molar-refractivity contribution is -0.0414. The number of hydrogen-bond acceptors (Lipinski definition) is 2. The Morgan fingerprint density at radius 3 is 2.75 bits per heavy atom. The maximum atomic E-state index is 10.8. The molecule has 0 fully saturated rings. The Bertz CT molecular complexity index is 375. The highest BCUT2D eigenvalue weighted by Crippen LogP contribution is 2.39. The van der Waals surface area contributed by atoms with Gasteiger partial charge in [-0.1, -0.05) is 45.0 Å². The normalized spacial score (nSPS) is 23.2. The molecule has 0 radical (unpaired) electrons. The van der Waals surface area contributed by atoms with Crippen molar-refractivity contribution in [3.63, 3.8) is 0 Å². The minimum Gasteiger partial charge on any atom is -0.388 e. The molecule has 2 nitrogen and oxygen atoms in total. The van der Waals surface area contributed by atoms with Gasteiger partial charge in [0.1, 0.15) is 0 Å². The number of aliphatic hydroxyl groups is 1. The van der Waals surface area contributed by atoms with Gasteiger partial charge in [0.05, 0.1) is 11.6 Å². The fourth-order valence-electron chi connectivity index (χ4n) is 2.69. The molecule has 0 amide bonds. The van der Waals surface area contributed by atoms with Gasteiger partial charge in [-0.2, -0.15) is 0 Å². The molecule has 2 rings (SSSR count). The Labute approximate surface area is 97.7 Å². The van der Waals surface area contributed by atoms with E-state index in [1.165, 1.54) is 11.1 Å². The molecular formula is C14H21NO. The van der Waals surface area contributed by atoms with Crippen LogP contribution in [0.15, 0.2) is 24.3 Å². The summed E-state index contributed by atoms with van der Waals surface area (Å²) >= 11 is 0. The van der Waals surface area contributed by atoms with Crippen LogP contribution in [0.5, 0.6) is 0 Å². The zero-order valence-corrected chi connectivity index (χ0v) is 10.3. The Morgan fingerprint density at radius 2 is 2.12 bits per heavy atom. The lowest BCUT2D eigenvalue weighted by Gasteiger charge is -2.37. The number of rotatable bonds is 3. The summed E-state index contributed by atoms with van der Waals surface area (Å²) < 4.78 is 0. The molecule has 2 heteroatoms. The maximum Gasteiger partial charge on any atom is 0.0861 e. The van der Waals surface area contributed by atoms with Crippen LogP contribution in [0.1, 0.15) is 44.4 Å². The van der Waals surface area contributed by atoms with Gasteiger partial charge < -0.3 is 10.4 Å². The fraction of sp³-hybridized carbons (Fsp3) is 0.571. The van der Waals surface area contributed by atoms with Gasteiger partial charge in [-0.25, -0.2) is 0 Å². The molecule has 1 aromatic rings. The predicted octanol–water partition coefficient (Wildman–Crippen LogP) is 2.63. The van der Waals surface area contributed by atoms with Crippen LogP contribution in [0.2, 0.25) is 0 Å². The molecule has 0 spiro atoms. The molecule has 1 aromatic carbocycles. The number of fused-ring (bicyclic) bond motifs is 1. The first-order valence-corrected chi connectivity index (χ1v) is 6.13. The molecular weight excluding hydrogens is 198 g/mol. The van der Waals surface area contributed by atoms with Gasteiger partial charge >= 0.3 is 0 Å². The minimum absolute atomic E-state index is 0.0775. The van der Waals surface area contributed by atoms with Crippen molar-refractivity contribution in [2.24, 2.45) is 5.92 Å². The average molecular weight is 219 g/mol. The van der Waals surface area contributed by atoms with Crippen LogP contribution in [0.3, 0.4) is 0 Å². The summed E-state index contributed by atoms with van der Waals surface area (Å²) in [6.45, 7) is 7.11. The summed E-state index contributed by atoms with van der Waals surface area (Å²) in [6, 6.07) is 8.45. The van der Waals surface area contributed by atoms with Crippen LogP contribution < -0.4 is 5.32 Å². The average Bonchev–Trinajstić information content (AvgIpc) is 2.72. The molecule has 0 bridgehead atoms. The van der Waals surface area contributed by atoms with Crippen molar-refractivity contribution < 1.29 is 5.11 Å². The van der Waals surface area contributed by atoms with E-state index in [2.05, 4.69) is 50.4 Å². The van der Waals surface area contributed by atoms with Crippen LogP contribution in [-0.2, 0) is 6.54 Å². The molecule has 1 aliphatic heterocycles. The monoisotopic (exact) mass is 219 g/mol. The van der Waals surface area contributed by atoms with E-state index in [0.29, 0.717) is 0 Å². The molecule has 0 aliphatic carbocycles. The minimum atomic E-state index is -0.646. The molecule has 88 valence electrons. The molecule has 1 heterocycles. The third kappa shape index (κ3) is 1.66. The molecule has 0 aromatic heterocycles. The molecule has 2 atom stereocenters. The molecule has 2 unspecified atom stereocenters. The summed E-state index contributed by atoms with van der Waals surface area (Å²) in [5.74, 6) is 0.251. The van der Waals surface area contributed by atoms with Crippen molar-refractivity contribution in [2.45, 2.75) is 45.4 Å². The predicted molar refractivity (Wildman–Crippen MR) is 66.1 cm³/mol. The van der Waals surface area contributed by atoms with Gasteiger partial charge in [0.15, 0.2) is 0 Å². The Morgan fingerprint density at radius 1 is 1.44 bits per heavy atom. The third-order valence-corrected chi connectivity index (χ3v) is 3.93. The highest BCUT2D eigenvalue weighted by atomic mass is 16.3. The molecule has 16 heavy (non-hydrogen) atoms. The van der Waals surface area contributed by atoms with Crippen LogP contribution in [0.4, 0.5) is 0 Å². The fourth-order valence-corrected chi connectivity index (χ4v) is 2.69. The highest BCUT2D eigenvalue weighted by Gasteiger charge is 2.41. The quantitative estimate of drug-likeness (QED) is 0.819. The van der Waals surface area contributed by atoms with E-state index in [1.807, 2.05) is 0 Å². The Kier molecular flexibility index (Phi) is 3.04. The summed E-state index contributed by atoms with van der Waals surface area (Å²) in [5, 5.41) is 14.2. The van der Waals surface area contributed by atoms with Crippen LogP contribution in [0, 0.1) is 5.92 Å². The van der Waals surface area contributed by atoms with E-state index in [9.17, 15) is 5.11 Å². The van der Waals surface area contributed by atoms with Crippen molar-refractivity contribution in [2.75, 3.05) is 0 Å². The molecule has 0 saturated carbocycles. The maximum absolute atomic E-state index is 10.8. The van der Waals surface area contributed by atoms with Crippen LogP contribution in [-0.4, -0.2) is 10.7 Å². The van der Waals surface area contributed by atoms with E-state index in [0.717, 1.165) is 13.0 Å². The van der Waals surface area contributed by atoms with E-state index >= 15 is 0 Å². The van der Waals surface area contributed by atoms with Crippen molar-refractivity contribution >= 4 is 0 Å². The van der Waals surface area contributed by atoms with Gasteiger partial charge in [-0.15, -0.1) is 0 Å². The SMILES string of the molecule is CCC(O)(C(C)C)C1NCc2ccccc21. The van der Waals surface area contributed by atoms with E-state index in [-0.39, 0.29) is 12.0 Å². The zero-order valence-electron chi connectivity index (χ0n) is 10.3. The second-order valence-corrected chi connectivity index (χ2v) is 5.01. The summed E-state index contributed by atoms with van der Waals surface area (Å²) in [6.07, 6.45) is 0.774.